The van der Waals surface area contributed by atoms with Crippen molar-refractivity contribution < 1.29 is 0 Å². The fraction of sp³-hybridized carbons (Fsp3) is 0.0476. The summed E-state index contributed by atoms with van der Waals surface area (Å²) in [5.41, 5.74) is 3.12. The zero-order valence-corrected chi connectivity index (χ0v) is 17.4. The first-order chi connectivity index (χ1) is 13.2. The highest BCUT2D eigenvalue weighted by Gasteiger charge is 2.16. The fourth-order valence-electron chi connectivity index (χ4n) is 2.72. The molecule has 3 aromatic carbocycles. The van der Waals surface area contributed by atoms with Gasteiger partial charge in [0.2, 0.25) is 0 Å². The van der Waals surface area contributed by atoms with Crippen LogP contribution in [0.1, 0.15) is 5.56 Å². The van der Waals surface area contributed by atoms with Gasteiger partial charge < -0.3 is 0 Å². The topological polar surface area (TPSA) is 30.7 Å². The zero-order valence-electron chi connectivity index (χ0n) is 14.2. The molecule has 0 unspecified atom stereocenters. The Balaban J connectivity index is 1.73. The van der Waals surface area contributed by atoms with Crippen LogP contribution >= 0.6 is 39.3 Å². The minimum Gasteiger partial charge on any atom is -0.270 e. The molecule has 0 N–H and O–H groups in total. The highest BCUT2D eigenvalue weighted by Crippen LogP contribution is 2.31. The lowest BCUT2D eigenvalue weighted by atomic mass is 10.2. The monoisotopic (exact) mass is 455 g/mol. The number of aromatic nitrogens is 3. The van der Waals surface area contributed by atoms with Gasteiger partial charge in [-0.2, -0.15) is 0 Å². The van der Waals surface area contributed by atoms with Gasteiger partial charge in [0.1, 0.15) is 0 Å². The number of rotatable bonds is 5. The predicted octanol–water partition coefficient (Wildman–Crippen LogP) is 6.64. The van der Waals surface area contributed by atoms with Gasteiger partial charge in [0.25, 0.3) is 0 Å². The molecule has 134 valence electrons. The smallest absolute Gasteiger partial charge is 0.196 e. The molecule has 0 aliphatic rings. The Morgan fingerprint density at radius 2 is 1.56 bits per heavy atom. The molecule has 0 spiro atoms. The van der Waals surface area contributed by atoms with E-state index in [1.807, 2.05) is 66.7 Å². The molecule has 0 fully saturated rings. The number of halogens is 2. The van der Waals surface area contributed by atoms with E-state index in [4.69, 9.17) is 11.6 Å². The summed E-state index contributed by atoms with van der Waals surface area (Å²) >= 11 is 11.4. The summed E-state index contributed by atoms with van der Waals surface area (Å²) in [5.74, 6) is 1.54. The van der Waals surface area contributed by atoms with Gasteiger partial charge in [-0.1, -0.05) is 87.8 Å². The van der Waals surface area contributed by atoms with E-state index in [0.29, 0.717) is 0 Å². The van der Waals surface area contributed by atoms with Crippen LogP contribution in [0.5, 0.6) is 0 Å². The maximum absolute atomic E-state index is 6.30. The first-order valence-electron chi connectivity index (χ1n) is 8.35. The number of thioether (sulfide) groups is 1. The molecule has 0 saturated carbocycles. The summed E-state index contributed by atoms with van der Waals surface area (Å²) in [6.07, 6.45) is 0. The van der Waals surface area contributed by atoms with Crippen LogP contribution in [-0.2, 0) is 5.75 Å². The van der Waals surface area contributed by atoms with Gasteiger partial charge in [-0.05, 0) is 35.9 Å². The molecule has 6 heteroatoms. The molecule has 0 atom stereocenters. The van der Waals surface area contributed by atoms with Crippen LogP contribution in [0.25, 0.3) is 17.1 Å². The molecule has 4 rings (SSSR count). The summed E-state index contributed by atoms with van der Waals surface area (Å²) in [7, 11) is 0. The summed E-state index contributed by atoms with van der Waals surface area (Å²) in [4.78, 5) is 0. The van der Waals surface area contributed by atoms with Gasteiger partial charge in [0, 0.05) is 26.5 Å². The lowest BCUT2D eigenvalue weighted by Gasteiger charge is -2.11. The summed E-state index contributed by atoms with van der Waals surface area (Å²) in [6, 6.07) is 26.1. The SMILES string of the molecule is Clc1ccccc1CSc1nnc(-c2ccc(Br)cc2)n1-c1ccccc1. The summed E-state index contributed by atoms with van der Waals surface area (Å²) in [6.45, 7) is 0. The third kappa shape index (κ3) is 4.10. The first-order valence-corrected chi connectivity index (χ1v) is 10.5. The molecule has 0 amide bonds. The van der Waals surface area contributed by atoms with Gasteiger partial charge >= 0.3 is 0 Å². The Hall–Kier alpha value is -2.08. The van der Waals surface area contributed by atoms with Crippen molar-refractivity contribution in [2.45, 2.75) is 10.9 Å². The van der Waals surface area contributed by atoms with Crippen molar-refractivity contribution in [2.24, 2.45) is 0 Å². The molecule has 0 bridgehead atoms. The maximum Gasteiger partial charge on any atom is 0.196 e. The Bertz CT molecular complexity index is 1050. The minimum absolute atomic E-state index is 0.727. The van der Waals surface area contributed by atoms with E-state index in [0.717, 1.165) is 43.0 Å². The largest absolute Gasteiger partial charge is 0.270 e. The van der Waals surface area contributed by atoms with E-state index >= 15 is 0 Å². The average Bonchev–Trinajstić information content (AvgIpc) is 3.12. The van der Waals surface area contributed by atoms with E-state index in [-0.39, 0.29) is 0 Å². The second-order valence-electron chi connectivity index (χ2n) is 5.86. The molecule has 0 aliphatic carbocycles. The van der Waals surface area contributed by atoms with Crippen LogP contribution in [0.2, 0.25) is 5.02 Å². The summed E-state index contributed by atoms with van der Waals surface area (Å²) < 4.78 is 3.12. The Morgan fingerprint density at radius 3 is 2.30 bits per heavy atom. The second-order valence-corrected chi connectivity index (χ2v) is 8.13. The Labute approximate surface area is 175 Å². The molecule has 0 radical (unpaired) electrons. The van der Waals surface area contributed by atoms with Crippen molar-refractivity contribution in [3.63, 3.8) is 0 Å². The standard InChI is InChI=1S/C21H15BrClN3S/c22-17-12-10-15(11-13-17)20-24-25-21(26(20)18-7-2-1-3-8-18)27-14-16-6-4-5-9-19(16)23/h1-13H,14H2. The van der Waals surface area contributed by atoms with Gasteiger partial charge in [-0.25, -0.2) is 0 Å². The Morgan fingerprint density at radius 1 is 0.852 bits per heavy atom. The van der Waals surface area contributed by atoms with E-state index < -0.39 is 0 Å². The van der Waals surface area contributed by atoms with Gasteiger partial charge in [-0.15, -0.1) is 10.2 Å². The molecular weight excluding hydrogens is 442 g/mol. The lowest BCUT2D eigenvalue weighted by molar-refractivity contribution is 0.886. The van der Waals surface area contributed by atoms with Crippen molar-refractivity contribution in [1.82, 2.24) is 14.8 Å². The molecule has 1 aromatic heterocycles. The lowest BCUT2D eigenvalue weighted by Crippen LogP contribution is -1.99. The Kier molecular flexibility index (Phi) is 5.62. The molecule has 0 saturated heterocycles. The van der Waals surface area contributed by atoms with Crippen molar-refractivity contribution in [3.8, 4) is 17.1 Å². The summed E-state index contributed by atoms with van der Waals surface area (Å²) in [5, 5.41) is 10.5. The molecule has 4 aromatic rings. The molecule has 0 aliphatic heterocycles. The van der Waals surface area contributed by atoms with Crippen molar-refractivity contribution >= 4 is 39.3 Å². The van der Waals surface area contributed by atoms with Crippen LogP contribution in [0.3, 0.4) is 0 Å². The number of para-hydroxylation sites is 1. The second kappa shape index (κ2) is 8.30. The average molecular weight is 457 g/mol. The number of nitrogens with zero attached hydrogens (tertiary/aromatic N) is 3. The highest BCUT2D eigenvalue weighted by atomic mass is 79.9. The van der Waals surface area contributed by atoms with Crippen molar-refractivity contribution in [1.29, 1.82) is 0 Å². The van der Waals surface area contributed by atoms with Crippen LogP contribution in [0, 0.1) is 0 Å². The molecule has 1 heterocycles. The van der Waals surface area contributed by atoms with E-state index in [2.05, 4.69) is 42.8 Å². The van der Waals surface area contributed by atoms with Crippen LogP contribution in [-0.4, -0.2) is 14.8 Å². The highest BCUT2D eigenvalue weighted by molar-refractivity contribution is 9.10. The number of hydrogen-bond donors (Lipinski definition) is 0. The van der Waals surface area contributed by atoms with Gasteiger partial charge in [-0.3, -0.25) is 4.57 Å². The quantitative estimate of drug-likeness (QED) is 0.315. The maximum atomic E-state index is 6.30. The first kappa shape index (κ1) is 18.3. The fourth-order valence-corrected chi connectivity index (χ4v) is 4.22. The van der Waals surface area contributed by atoms with Crippen LogP contribution < -0.4 is 0 Å². The van der Waals surface area contributed by atoms with Crippen LogP contribution in [0.4, 0.5) is 0 Å². The van der Waals surface area contributed by atoms with Crippen molar-refractivity contribution in [2.75, 3.05) is 0 Å². The molecular formula is C21H15BrClN3S. The number of hydrogen-bond acceptors (Lipinski definition) is 3. The van der Waals surface area contributed by atoms with Gasteiger partial charge in [0.05, 0.1) is 0 Å². The third-order valence-electron chi connectivity index (χ3n) is 4.06. The van der Waals surface area contributed by atoms with Gasteiger partial charge in [0.15, 0.2) is 11.0 Å². The van der Waals surface area contributed by atoms with E-state index in [1.165, 1.54) is 0 Å². The number of benzene rings is 3. The normalized spacial score (nSPS) is 10.9. The van der Waals surface area contributed by atoms with Crippen molar-refractivity contribution in [3.05, 3.63) is 93.9 Å². The predicted molar refractivity (Wildman–Crippen MR) is 116 cm³/mol. The van der Waals surface area contributed by atoms with E-state index in [1.54, 1.807) is 11.8 Å². The van der Waals surface area contributed by atoms with Crippen LogP contribution in [0.15, 0.2) is 88.5 Å². The minimum atomic E-state index is 0.727. The molecule has 3 nitrogen and oxygen atoms in total. The third-order valence-corrected chi connectivity index (χ3v) is 5.94. The zero-order chi connectivity index (χ0) is 18.6. The molecule has 27 heavy (non-hydrogen) atoms. The van der Waals surface area contributed by atoms with E-state index in [9.17, 15) is 0 Å².